The Balaban J connectivity index is 4.37. The minimum atomic E-state index is 0.0959. The topological polar surface area (TPSA) is 69.7 Å². The number of rotatable bonds is 20. The number of nitrogens with one attached hydrogen (secondary N) is 1. The van der Waals surface area contributed by atoms with Crippen molar-refractivity contribution in [1.29, 1.82) is 0 Å². The number of amides is 1. The highest BCUT2D eigenvalue weighted by Crippen LogP contribution is 2.04. The van der Waals surface area contributed by atoms with E-state index in [4.69, 9.17) is 0 Å². The van der Waals surface area contributed by atoms with Crippen LogP contribution in [0.4, 0.5) is 0 Å². The Kier molecular flexibility index (Phi) is 17.9. The largest absolute Gasteiger partial charge is 0.356 e. The molecule has 0 aliphatic carbocycles. The van der Waals surface area contributed by atoms with Gasteiger partial charge in [0, 0.05) is 71.4 Å². The number of hydrogen-bond acceptors (Lipinski definition) is 5. The Labute approximate surface area is 178 Å². The summed E-state index contributed by atoms with van der Waals surface area (Å²) in [7, 11) is 2.02. The highest BCUT2D eigenvalue weighted by molar-refractivity contribution is 5.79. The standard InChI is InChI=1S/C23H45N3O3/c1-5-8-10-21(27)12-17-26(18-13-22(28)11-9-6-2)20-19-25(4)16-14-23(29)24-15-7-3/h5-20H2,1-4H3,(H,24,29). The zero-order valence-electron chi connectivity index (χ0n) is 19.4. The summed E-state index contributed by atoms with van der Waals surface area (Å²) in [4.78, 5) is 40.2. The molecule has 1 N–H and O–H groups in total. The van der Waals surface area contributed by atoms with Crippen molar-refractivity contribution < 1.29 is 14.4 Å². The highest BCUT2D eigenvalue weighted by Gasteiger charge is 2.12. The molecular formula is C23H45N3O3. The van der Waals surface area contributed by atoms with Crippen LogP contribution in [0.1, 0.15) is 85.0 Å². The van der Waals surface area contributed by atoms with Gasteiger partial charge in [0.1, 0.15) is 11.6 Å². The average molecular weight is 412 g/mol. The molecule has 29 heavy (non-hydrogen) atoms. The molecule has 0 atom stereocenters. The van der Waals surface area contributed by atoms with Crippen LogP contribution in [0.5, 0.6) is 0 Å². The van der Waals surface area contributed by atoms with E-state index in [1.54, 1.807) is 0 Å². The lowest BCUT2D eigenvalue weighted by atomic mass is 10.1. The number of unbranched alkanes of at least 4 members (excludes halogenated alkanes) is 2. The van der Waals surface area contributed by atoms with Gasteiger partial charge >= 0.3 is 0 Å². The third-order valence-electron chi connectivity index (χ3n) is 5.12. The first-order valence-corrected chi connectivity index (χ1v) is 11.6. The van der Waals surface area contributed by atoms with Crippen LogP contribution in [0, 0.1) is 0 Å². The molecule has 0 spiro atoms. The van der Waals surface area contributed by atoms with E-state index in [1.807, 2.05) is 14.0 Å². The zero-order valence-corrected chi connectivity index (χ0v) is 19.4. The molecule has 0 aromatic carbocycles. The first kappa shape index (κ1) is 27.7. The maximum absolute atomic E-state index is 12.0. The van der Waals surface area contributed by atoms with Crippen molar-refractivity contribution >= 4 is 17.5 Å². The van der Waals surface area contributed by atoms with Gasteiger partial charge in [-0.1, -0.05) is 33.6 Å². The molecule has 0 heterocycles. The first-order valence-electron chi connectivity index (χ1n) is 11.6. The van der Waals surface area contributed by atoms with Crippen molar-refractivity contribution in [3.8, 4) is 0 Å². The van der Waals surface area contributed by atoms with E-state index in [0.29, 0.717) is 63.3 Å². The van der Waals surface area contributed by atoms with Crippen LogP contribution in [0.3, 0.4) is 0 Å². The smallest absolute Gasteiger partial charge is 0.221 e. The zero-order chi connectivity index (χ0) is 21.9. The molecule has 0 unspecified atom stereocenters. The van der Waals surface area contributed by atoms with Gasteiger partial charge in [-0.15, -0.1) is 0 Å². The molecule has 0 saturated heterocycles. The van der Waals surface area contributed by atoms with E-state index in [9.17, 15) is 14.4 Å². The van der Waals surface area contributed by atoms with Crippen LogP contribution in [-0.4, -0.2) is 73.6 Å². The summed E-state index contributed by atoms with van der Waals surface area (Å²) in [5.74, 6) is 0.726. The molecule has 1 amide bonds. The minimum Gasteiger partial charge on any atom is -0.356 e. The quantitative estimate of drug-likeness (QED) is 0.332. The lowest BCUT2D eigenvalue weighted by Gasteiger charge is -2.25. The van der Waals surface area contributed by atoms with Crippen molar-refractivity contribution in [2.45, 2.75) is 85.0 Å². The molecule has 0 bridgehead atoms. The molecule has 0 aliphatic heterocycles. The molecular weight excluding hydrogens is 366 g/mol. The molecule has 0 saturated carbocycles. The van der Waals surface area contributed by atoms with E-state index in [1.165, 1.54) is 0 Å². The summed E-state index contributed by atoms with van der Waals surface area (Å²) in [6.45, 7) is 10.8. The van der Waals surface area contributed by atoms with Gasteiger partial charge in [-0.2, -0.15) is 0 Å². The van der Waals surface area contributed by atoms with Crippen molar-refractivity contribution in [3.05, 3.63) is 0 Å². The summed E-state index contributed by atoms with van der Waals surface area (Å²) >= 11 is 0. The fourth-order valence-corrected chi connectivity index (χ4v) is 2.97. The number of carbonyl (C=O) groups excluding carboxylic acids is 3. The van der Waals surface area contributed by atoms with Gasteiger partial charge in [-0.25, -0.2) is 0 Å². The number of carbonyl (C=O) groups is 3. The normalized spacial score (nSPS) is 11.2. The van der Waals surface area contributed by atoms with Crippen LogP contribution in [0.25, 0.3) is 0 Å². The third kappa shape index (κ3) is 17.3. The molecule has 0 aliphatic rings. The SMILES string of the molecule is CCCCC(=O)CCN(CCC(=O)CCCC)CCN(C)CCC(=O)NCCC. The van der Waals surface area contributed by atoms with Gasteiger partial charge in [0.15, 0.2) is 0 Å². The van der Waals surface area contributed by atoms with Crippen molar-refractivity contribution in [2.75, 3.05) is 46.3 Å². The van der Waals surface area contributed by atoms with Crippen molar-refractivity contribution in [3.63, 3.8) is 0 Å². The number of ketones is 2. The van der Waals surface area contributed by atoms with E-state index in [-0.39, 0.29) is 5.91 Å². The summed E-state index contributed by atoms with van der Waals surface area (Å²) in [6, 6.07) is 0. The van der Waals surface area contributed by atoms with Gasteiger partial charge in [0.25, 0.3) is 0 Å². The van der Waals surface area contributed by atoms with Crippen molar-refractivity contribution in [1.82, 2.24) is 15.1 Å². The van der Waals surface area contributed by atoms with E-state index in [0.717, 1.165) is 51.7 Å². The highest BCUT2D eigenvalue weighted by atomic mass is 16.1. The van der Waals surface area contributed by atoms with E-state index < -0.39 is 0 Å². The van der Waals surface area contributed by atoms with E-state index >= 15 is 0 Å². The molecule has 0 radical (unpaired) electrons. The lowest BCUT2D eigenvalue weighted by Crippen LogP contribution is -2.37. The Morgan fingerprint density at radius 2 is 1.21 bits per heavy atom. The maximum atomic E-state index is 12.0. The third-order valence-corrected chi connectivity index (χ3v) is 5.12. The number of likely N-dealkylation sites (N-methyl/N-ethyl adjacent to an activating group) is 1. The lowest BCUT2D eigenvalue weighted by molar-refractivity contribution is -0.122. The van der Waals surface area contributed by atoms with Gasteiger partial charge in [-0.3, -0.25) is 14.4 Å². The number of nitrogens with zero attached hydrogens (tertiary/aromatic N) is 2. The van der Waals surface area contributed by atoms with Gasteiger partial charge in [0.2, 0.25) is 5.91 Å². The summed E-state index contributed by atoms with van der Waals surface area (Å²) in [5.41, 5.74) is 0. The molecule has 0 aromatic heterocycles. The molecule has 6 heteroatoms. The van der Waals surface area contributed by atoms with Crippen molar-refractivity contribution in [2.24, 2.45) is 0 Å². The summed E-state index contributed by atoms with van der Waals surface area (Å²) in [6.07, 6.45) is 7.88. The Morgan fingerprint density at radius 1 is 0.655 bits per heavy atom. The monoisotopic (exact) mass is 411 g/mol. The number of hydrogen-bond donors (Lipinski definition) is 1. The number of Topliss-reactive ketones (excluding diaryl/α,β-unsaturated/α-hetero) is 2. The fourth-order valence-electron chi connectivity index (χ4n) is 2.97. The second kappa shape index (κ2) is 18.7. The molecule has 0 fully saturated rings. The van der Waals surface area contributed by atoms with Crippen LogP contribution in [-0.2, 0) is 14.4 Å². The van der Waals surface area contributed by atoms with Gasteiger partial charge in [-0.05, 0) is 26.3 Å². The van der Waals surface area contributed by atoms with Gasteiger partial charge < -0.3 is 15.1 Å². The van der Waals surface area contributed by atoms with E-state index in [2.05, 4.69) is 29.0 Å². The molecule has 170 valence electrons. The molecule has 0 aromatic rings. The first-order chi connectivity index (χ1) is 13.9. The maximum Gasteiger partial charge on any atom is 0.221 e. The van der Waals surface area contributed by atoms with Crippen LogP contribution in [0.2, 0.25) is 0 Å². The average Bonchev–Trinajstić information content (AvgIpc) is 2.72. The second-order valence-corrected chi connectivity index (χ2v) is 8.03. The second-order valence-electron chi connectivity index (χ2n) is 8.03. The van der Waals surface area contributed by atoms with Crippen LogP contribution < -0.4 is 5.32 Å². The Morgan fingerprint density at radius 3 is 1.69 bits per heavy atom. The Hall–Kier alpha value is -1.27. The fraction of sp³-hybridized carbons (Fsp3) is 0.870. The van der Waals surface area contributed by atoms with Crippen LogP contribution in [0.15, 0.2) is 0 Å². The summed E-state index contributed by atoms with van der Waals surface area (Å²) in [5, 5.41) is 2.90. The molecule has 0 rings (SSSR count). The predicted octanol–water partition coefficient (Wildman–Crippen LogP) is 3.44. The summed E-state index contributed by atoms with van der Waals surface area (Å²) < 4.78 is 0. The van der Waals surface area contributed by atoms with Crippen LogP contribution >= 0.6 is 0 Å². The molecule has 6 nitrogen and oxygen atoms in total. The minimum absolute atomic E-state index is 0.0959. The Bertz CT molecular complexity index is 431. The predicted molar refractivity (Wildman–Crippen MR) is 120 cm³/mol. The van der Waals surface area contributed by atoms with Gasteiger partial charge in [0.05, 0.1) is 0 Å².